The van der Waals surface area contributed by atoms with Gasteiger partial charge in [0, 0.05) is 26.7 Å². The monoisotopic (exact) mass is 241 g/mol. The van der Waals surface area contributed by atoms with E-state index in [1.807, 2.05) is 0 Å². The second-order valence-electron chi connectivity index (χ2n) is 5.70. The van der Waals surface area contributed by atoms with Crippen LogP contribution in [0.1, 0.15) is 44.9 Å². The number of piperidine rings is 1. The van der Waals surface area contributed by atoms with Gasteiger partial charge in [0.05, 0.1) is 12.2 Å². The van der Waals surface area contributed by atoms with Crippen LogP contribution in [0.4, 0.5) is 0 Å². The minimum Gasteiger partial charge on any atom is -0.392 e. The summed E-state index contributed by atoms with van der Waals surface area (Å²) in [6.45, 7) is 3.05. The fraction of sp³-hybridized carbons (Fsp3) is 1.00. The van der Waals surface area contributed by atoms with E-state index in [4.69, 9.17) is 4.74 Å². The number of aliphatic hydroxyl groups is 1. The Hall–Kier alpha value is -0.120. The van der Waals surface area contributed by atoms with Crippen LogP contribution in [0.5, 0.6) is 0 Å². The Morgan fingerprint density at radius 1 is 1.12 bits per heavy atom. The van der Waals surface area contributed by atoms with Gasteiger partial charge in [-0.1, -0.05) is 19.3 Å². The number of hydrogen-bond donors (Lipinski definition) is 1. The first-order chi connectivity index (χ1) is 8.29. The van der Waals surface area contributed by atoms with Crippen molar-refractivity contribution < 1.29 is 9.84 Å². The summed E-state index contributed by atoms with van der Waals surface area (Å²) in [5, 5.41) is 10.3. The lowest BCUT2D eigenvalue weighted by Gasteiger charge is -2.35. The van der Waals surface area contributed by atoms with Crippen molar-refractivity contribution in [3.8, 4) is 0 Å². The van der Waals surface area contributed by atoms with Gasteiger partial charge in [-0.25, -0.2) is 0 Å². The summed E-state index contributed by atoms with van der Waals surface area (Å²) >= 11 is 0. The molecule has 3 heteroatoms. The predicted octanol–water partition coefficient (Wildman–Crippen LogP) is 2.04. The number of nitrogens with zero attached hydrogens (tertiary/aromatic N) is 1. The van der Waals surface area contributed by atoms with E-state index >= 15 is 0 Å². The molecule has 1 aliphatic carbocycles. The van der Waals surface area contributed by atoms with Crippen LogP contribution in [0.2, 0.25) is 0 Å². The number of methoxy groups -OCH3 is 1. The number of likely N-dealkylation sites (tertiary alicyclic amines) is 1. The van der Waals surface area contributed by atoms with Crippen molar-refractivity contribution in [2.75, 3.05) is 26.7 Å². The van der Waals surface area contributed by atoms with Gasteiger partial charge in [0.2, 0.25) is 0 Å². The van der Waals surface area contributed by atoms with Crippen molar-refractivity contribution in [2.45, 2.75) is 57.2 Å². The maximum absolute atomic E-state index is 10.3. The molecule has 0 radical (unpaired) electrons. The third kappa shape index (κ3) is 3.94. The van der Waals surface area contributed by atoms with Crippen LogP contribution >= 0.6 is 0 Å². The van der Waals surface area contributed by atoms with Crippen LogP contribution in [0.25, 0.3) is 0 Å². The second-order valence-corrected chi connectivity index (χ2v) is 5.70. The summed E-state index contributed by atoms with van der Waals surface area (Å²) in [4.78, 5) is 2.41. The lowest BCUT2D eigenvalue weighted by Crippen LogP contribution is -2.43. The standard InChI is InChI=1S/C14H27NO2/c1-17-13-7-9-15(10-8-13)11-14(16)12-5-3-2-4-6-12/h12-14,16H,2-11H2,1H3. The highest BCUT2D eigenvalue weighted by molar-refractivity contribution is 4.79. The smallest absolute Gasteiger partial charge is 0.0695 e. The van der Waals surface area contributed by atoms with E-state index in [1.165, 1.54) is 32.1 Å². The zero-order valence-electron chi connectivity index (χ0n) is 11.1. The fourth-order valence-corrected chi connectivity index (χ4v) is 3.26. The van der Waals surface area contributed by atoms with Crippen LogP contribution in [0, 0.1) is 5.92 Å². The number of β-amino-alcohol motifs (C(OH)–C–C–N with tert-alkyl or cyclic N) is 1. The fourth-order valence-electron chi connectivity index (χ4n) is 3.26. The minimum absolute atomic E-state index is 0.102. The zero-order chi connectivity index (χ0) is 12.1. The van der Waals surface area contributed by atoms with E-state index in [2.05, 4.69) is 4.90 Å². The first-order valence-electron chi connectivity index (χ1n) is 7.23. The Kier molecular flexibility index (Phi) is 5.26. The normalized spacial score (nSPS) is 27.2. The molecule has 0 spiro atoms. The molecule has 1 unspecified atom stereocenters. The molecule has 100 valence electrons. The van der Waals surface area contributed by atoms with Crippen LogP contribution in [0.3, 0.4) is 0 Å². The van der Waals surface area contributed by atoms with E-state index in [9.17, 15) is 5.11 Å². The van der Waals surface area contributed by atoms with E-state index in [0.717, 1.165) is 32.5 Å². The molecule has 1 N–H and O–H groups in total. The number of ether oxygens (including phenoxy) is 1. The van der Waals surface area contributed by atoms with Gasteiger partial charge in [-0.15, -0.1) is 0 Å². The Morgan fingerprint density at radius 3 is 2.35 bits per heavy atom. The zero-order valence-corrected chi connectivity index (χ0v) is 11.1. The summed E-state index contributed by atoms with van der Waals surface area (Å²) in [5.74, 6) is 0.559. The molecule has 0 aromatic rings. The molecule has 2 rings (SSSR count). The van der Waals surface area contributed by atoms with Crippen LogP contribution < -0.4 is 0 Å². The predicted molar refractivity (Wildman–Crippen MR) is 69.1 cm³/mol. The van der Waals surface area contributed by atoms with Gasteiger partial charge in [0.15, 0.2) is 0 Å². The Morgan fingerprint density at radius 2 is 1.76 bits per heavy atom. The molecular weight excluding hydrogens is 214 g/mol. The highest BCUT2D eigenvalue weighted by atomic mass is 16.5. The topological polar surface area (TPSA) is 32.7 Å². The van der Waals surface area contributed by atoms with E-state index < -0.39 is 0 Å². The second kappa shape index (κ2) is 6.72. The molecular formula is C14H27NO2. The summed E-state index contributed by atoms with van der Waals surface area (Å²) < 4.78 is 5.37. The average molecular weight is 241 g/mol. The molecule has 2 fully saturated rings. The van der Waals surface area contributed by atoms with Crippen LogP contribution in [-0.4, -0.2) is 49.0 Å². The molecule has 1 saturated carbocycles. The third-order valence-corrected chi connectivity index (χ3v) is 4.51. The molecule has 0 aromatic heterocycles. The van der Waals surface area contributed by atoms with E-state index in [0.29, 0.717) is 12.0 Å². The van der Waals surface area contributed by atoms with Crippen molar-refractivity contribution in [2.24, 2.45) is 5.92 Å². The van der Waals surface area contributed by atoms with Crippen molar-refractivity contribution in [3.63, 3.8) is 0 Å². The molecule has 1 aliphatic heterocycles. The quantitative estimate of drug-likeness (QED) is 0.817. The highest BCUT2D eigenvalue weighted by Crippen LogP contribution is 2.27. The highest BCUT2D eigenvalue weighted by Gasteiger charge is 2.25. The Balaban J connectivity index is 1.69. The van der Waals surface area contributed by atoms with E-state index in [-0.39, 0.29) is 6.10 Å². The molecule has 1 atom stereocenters. The van der Waals surface area contributed by atoms with Crippen molar-refractivity contribution >= 4 is 0 Å². The van der Waals surface area contributed by atoms with E-state index in [1.54, 1.807) is 7.11 Å². The van der Waals surface area contributed by atoms with Crippen LogP contribution in [-0.2, 0) is 4.74 Å². The summed E-state index contributed by atoms with van der Waals surface area (Å²) in [7, 11) is 1.80. The minimum atomic E-state index is -0.102. The number of aliphatic hydroxyl groups excluding tert-OH is 1. The van der Waals surface area contributed by atoms with Gasteiger partial charge in [-0.05, 0) is 31.6 Å². The Labute approximate surface area is 105 Å². The van der Waals surface area contributed by atoms with Gasteiger partial charge in [-0.2, -0.15) is 0 Å². The molecule has 0 aromatic carbocycles. The first kappa shape index (κ1) is 13.3. The first-order valence-corrected chi connectivity index (χ1v) is 7.23. The van der Waals surface area contributed by atoms with Crippen molar-refractivity contribution in [1.82, 2.24) is 4.90 Å². The largest absolute Gasteiger partial charge is 0.392 e. The summed E-state index contributed by atoms with van der Waals surface area (Å²) in [6, 6.07) is 0. The van der Waals surface area contributed by atoms with Gasteiger partial charge in [0.25, 0.3) is 0 Å². The number of hydrogen-bond acceptors (Lipinski definition) is 3. The lowest BCUT2D eigenvalue weighted by atomic mass is 9.85. The van der Waals surface area contributed by atoms with Gasteiger partial charge in [-0.3, -0.25) is 0 Å². The van der Waals surface area contributed by atoms with Crippen LogP contribution in [0.15, 0.2) is 0 Å². The molecule has 1 saturated heterocycles. The number of rotatable bonds is 4. The SMILES string of the molecule is COC1CCN(CC(O)C2CCCCC2)CC1. The molecule has 0 amide bonds. The summed E-state index contributed by atoms with van der Waals surface area (Å²) in [5.41, 5.74) is 0. The lowest BCUT2D eigenvalue weighted by molar-refractivity contribution is 0.00646. The average Bonchev–Trinajstić information content (AvgIpc) is 2.40. The van der Waals surface area contributed by atoms with Gasteiger partial charge < -0.3 is 14.7 Å². The molecule has 0 bridgehead atoms. The molecule has 3 nitrogen and oxygen atoms in total. The van der Waals surface area contributed by atoms with Gasteiger partial charge >= 0.3 is 0 Å². The van der Waals surface area contributed by atoms with Gasteiger partial charge in [0.1, 0.15) is 0 Å². The Bertz CT molecular complexity index is 208. The maximum Gasteiger partial charge on any atom is 0.0695 e. The molecule has 2 aliphatic rings. The van der Waals surface area contributed by atoms with Crippen molar-refractivity contribution in [1.29, 1.82) is 0 Å². The van der Waals surface area contributed by atoms with Crippen molar-refractivity contribution in [3.05, 3.63) is 0 Å². The third-order valence-electron chi connectivity index (χ3n) is 4.51. The summed E-state index contributed by atoms with van der Waals surface area (Å²) in [6.07, 6.45) is 9.03. The maximum atomic E-state index is 10.3. The molecule has 1 heterocycles. The molecule has 17 heavy (non-hydrogen) atoms.